The van der Waals surface area contributed by atoms with E-state index in [2.05, 4.69) is 26.2 Å². The fraction of sp³-hybridized carbons (Fsp3) is 0.387. The standard InChI is InChI=1S/C31H30F3N5O3/c1-3-21-23(33)8-7-18-13-20(40)14-22(24(18)21)27-26(34)28-25-29(39(2)10-5-11-41-30(25)36-27)38-31(37-28)42-16-17-6-4-9-35-15-19(32)12-17/h1,7-8,13-14,17,19,35,40H,4-6,9-12,15-16H2,2H3/t17?,19-/m1/s1. The fourth-order valence-corrected chi connectivity index (χ4v) is 5.74. The van der Waals surface area contributed by atoms with Crippen molar-refractivity contribution < 1.29 is 27.8 Å². The SMILES string of the molecule is C#Cc1c(F)ccc2cc(O)cc(-c3nc4c5c(nc(OCC6CCCNC[C@H](F)C6)nc5c3F)N(C)CCCO4)c12. The van der Waals surface area contributed by atoms with Gasteiger partial charge in [-0.15, -0.1) is 6.42 Å². The molecule has 0 radical (unpaired) electrons. The third kappa shape index (κ3) is 5.23. The van der Waals surface area contributed by atoms with Gasteiger partial charge in [0.25, 0.3) is 0 Å². The van der Waals surface area contributed by atoms with E-state index in [-0.39, 0.29) is 63.3 Å². The fourth-order valence-electron chi connectivity index (χ4n) is 5.74. The highest BCUT2D eigenvalue weighted by molar-refractivity contribution is 6.04. The van der Waals surface area contributed by atoms with Crippen LogP contribution in [0.4, 0.5) is 19.0 Å². The van der Waals surface area contributed by atoms with Crippen molar-refractivity contribution in [1.29, 1.82) is 0 Å². The van der Waals surface area contributed by atoms with Crippen LogP contribution < -0.4 is 19.7 Å². The van der Waals surface area contributed by atoms with Crippen LogP contribution in [0.2, 0.25) is 0 Å². The monoisotopic (exact) mass is 577 g/mol. The van der Waals surface area contributed by atoms with Crippen LogP contribution in [0.1, 0.15) is 31.2 Å². The summed E-state index contributed by atoms with van der Waals surface area (Å²) in [5, 5.41) is 14.5. The summed E-state index contributed by atoms with van der Waals surface area (Å²) < 4.78 is 57.6. The molecule has 2 aromatic carbocycles. The molecule has 0 amide bonds. The molecule has 6 rings (SSSR count). The average Bonchev–Trinajstić information content (AvgIpc) is 2.96. The van der Waals surface area contributed by atoms with Crippen LogP contribution in [0, 0.1) is 29.9 Å². The maximum absolute atomic E-state index is 16.6. The van der Waals surface area contributed by atoms with Gasteiger partial charge in [-0.25, -0.2) is 18.2 Å². The summed E-state index contributed by atoms with van der Waals surface area (Å²) in [6, 6.07) is 5.30. The van der Waals surface area contributed by atoms with Crippen molar-refractivity contribution >= 4 is 27.5 Å². The molecular weight excluding hydrogens is 547 g/mol. The molecule has 11 heteroatoms. The highest BCUT2D eigenvalue weighted by Gasteiger charge is 2.28. The Morgan fingerprint density at radius 3 is 2.88 bits per heavy atom. The smallest absolute Gasteiger partial charge is 0.319 e. The second-order valence-electron chi connectivity index (χ2n) is 10.8. The number of alkyl halides is 1. The normalized spacial score (nSPS) is 19.4. The lowest BCUT2D eigenvalue weighted by Crippen LogP contribution is -2.31. The number of hydrogen-bond donors (Lipinski definition) is 2. The van der Waals surface area contributed by atoms with Crippen LogP contribution in [-0.2, 0) is 0 Å². The minimum atomic E-state index is -0.989. The molecule has 2 aromatic heterocycles. The predicted octanol–water partition coefficient (Wildman–Crippen LogP) is 5.14. The van der Waals surface area contributed by atoms with Gasteiger partial charge in [-0.3, -0.25) is 0 Å². The molecule has 1 unspecified atom stereocenters. The number of ether oxygens (including phenoxy) is 2. The summed E-state index contributed by atoms with van der Waals surface area (Å²) >= 11 is 0. The minimum absolute atomic E-state index is 0.0473. The topological polar surface area (TPSA) is 92.6 Å². The lowest BCUT2D eigenvalue weighted by atomic mass is 9.95. The Labute approximate surface area is 240 Å². The zero-order valence-electron chi connectivity index (χ0n) is 23.1. The zero-order valence-corrected chi connectivity index (χ0v) is 23.1. The number of nitrogens with zero attached hydrogens (tertiary/aromatic N) is 4. The van der Waals surface area contributed by atoms with Gasteiger partial charge in [-0.1, -0.05) is 12.0 Å². The first-order valence-electron chi connectivity index (χ1n) is 14.0. The Bertz CT molecular complexity index is 1710. The number of phenols is 1. The number of rotatable bonds is 4. The Kier molecular flexibility index (Phi) is 7.64. The van der Waals surface area contributed by atoms with Gasteiger partial charge in [-0.2, -0.15) is 9.97 Å². The number of halogens is 3. The van der Waals surface area contributed by atoms with E-state index >= 15 is 4.39 Å². The van der Waals surface area contributed by atoms with Gasteiger partial charge >= 0.3 is 6.01 Å². The predicted molar refractivity (Wildman–Crippen MR) is 154 cm³/mol. The van der Waals surface area contributed by atoms with E-state index in [1.807, 2.05) is 11.9 Å². The second-order valence-corrected chi connectivity index (χ2v) is 10.8. The van der Waals surface area contributed by atoms with Gasteiger partial charge in [0.05, 0.1) is 18.8 Å². The third-order valence-corrected chi connectivity index (χ3v) is 7.77. The number of anilines is 1. The van der Waals surface area contributed by atoms with Gasteiger partial charge < -0.3 is 24.8 Å². The van der Waals surface area contributed by atoms with Gasteiger partial charge in [0.15, 0.2) is 5.82 Å². The Morgan fingerprint density at radius 2 is 2.05 bits per heavy atom. The van der Waals surface area contributed by atoms with E-state index in [4.69, 9.17) is 15.9 Å². The van der Waals surface area contributed by atoms with Crippen molar-refractivity contribution in [2.24, 2.45) is 5.92 Å². The Balaban J connectivity index is 1.52. The molecule has 2 N–H and O–H groups in total. The summed E-state index contributed by atoms with van der Waals surface area (Å²) in [4.78, 5) is 15.4. The van der Waals surface area contributed by atoms with Crippen molar-refractivity contribution in [3.05, 3.63) is 41.5 Å². The minimum Gasteiger partial charge on any atom is -0.508 e. The van der Waals surface area contributed by atoms with Crippen LogP contribution in [0.15, 0.2) is 24.3 Å². The number of fused-ring (bicyclic) bond motifs is 1. The molecule has 0 saturated carbocycles. The van der Waals surface area contributed by atoms with E-state index in [1.165, 1.54) is 24.3 Å². The summed E-state index contributed by atoms with van der Waals surface area (Å²) in [6.07, 6.45) is 7.30. The molecule has 42 heavy (non-hydrogen) atoms. The largest absolute Gasteiger partial charge is 0.508 e. The number of hydrogen-bond acceptors (Lipinski definition) is 8. The van der Waals surface area contributed by atoms with Crippen LogP contribution >= 0.6 is 0 Å². The van der Waals surface area contributed by atoms with Crippen molar-refractivity contribution in [3.63, 3.8) is 0 Å². The van der Waals surface area contributed by atoms with E-state index < -0.39 is 17.8 Å². The number of nitrogens with one attached hydrogen (secondary N) is 1. The highest BCUT2D eigenvalue weighted by Crippen LogP contribution is 2.42. The Morgan fingerprint density at radius 1 is 1.19 bits per heavy atom. The van der Waals surface area contributed by atoms with Crippen molar-refractivity contribution in [1.82, 2.24) is 20.3 Å². The average molecular weight is 578 g/mol. The third-order valence-electron chi connectivity index (χ3n) is 7.77. The molecule has 1 fully saturated rings. The quantitative estimate of drug-likeness (QED) is 0.323. The van der Waals surface area contributed by atoms with Crippen LogP contribution in [-0.4, -0.2) is 66.1 Å². The summed E-state index contributed by atoms with van der Waals surface area (Å²) in [5.41, 5.74) is -0.316. The molecule has 4 aromatic rings. The molecule has 8 nitrogen and oxygen atoms in total. The maximum atomic E-state index is 16.6. The number of pyridine rings is 1. The molecular formula is C31H30F3N5O3. The molecule has 0 aliphatic carbocycles. The highest BCUT2D eigenvalue weighted by atomic mass is 19.1. The maximum Gasteiger partial charge on any atom is 0.319 e. The molecule has 218 valence electrons. The molecule has 0 spiro atoms. The van der Waals surface area contributed by atoms with Crippen molar-refractivity contribution in [3.8, 4) is 41.2 Å². The Hall–Kier alpha value is -4.30. The summed E-state index contributed by atoms with van der Waals surface area (Å²) in [7, 11) is 1.83. The van der Waals surface area contributed by atoms with Gasteiger partial charge in [-0.05, 0) is 61.7 Å². The molecule has 1 saturated heterocycles. The summed E-state index contributed by atoms with van der Waals surface area (Å²) in [5.74, 6) is 1.10. The molecule has 4 heterocycles. The van der Waals surface area contributed by atoms with E-state index in [9.17, 15) is 13.9 Å². The first kappa shape index (κ1) is 27.8. The number of terminal acetylenes is 1. The van der Waals surface area contributed by atoms with Crippen LogP contribution in [0.3, 0.4) is 0 Å². The number of aromatic nitrogens is 3. The first-order chi connectivity index (χ1) is 20.3. The van der Waals surface area contributed by atoms with E-state index in [0.29, 0.717) is 43.7 Å². The molecule has 0 bridgehead atoms. The molecule has 2 atom stereocenters. The summed E-state index contributed by atoms with van der Waals surface area (Å²) in [6.45, 7) is 2.10. The zero-order chi connectivity index (χ0) is 29.4. The van der Waals surface area contributed by atoms with Crippen molar-refractivity contribution in [2.75, 3.05) is 44.8 Å². The lowest BCUT2D eigenvalue weighted by molar-refractivity contribution is 0.166. The van der Waals surface area contributed by atoms with Crippen molar-refractivity contribution in [2.45, 2.75) is 31.9 Å². The number of aromatic hydroxyl groups is 1. The van der Waals surface area contributed by atoms with Gasteiger partial charge in [0, 0.05) is 31.1 Å². The van der Waals surface area contributed by atoms with Gasteiger partial charge in [0.2, 0.25) is 5.88 Å². The second kappa shape index (κ2) is 11.5. The number of phenolic OH excluding ortho intramolecular Hbond substituents is 1. The number of benzene rings is 2. The molecule has 2 aliphatic heterocycles. The van der Waals surface area contributed by atoms with E-state index in [0.717, 1.165) is 19.4 Å². The van der Waals surface area contributed by atoms with Gasteiger partial charge in [0.1, 0.15) is 40.2 Å². The van der Waals surface area contributed by atoms with Crippen LogP contribution in [0.25, 0.3) is 32.9 Å². The lowest BCUT2D eigenvalue weighted by Gasteiger charge is -2.25. The van der Waals surface area contributed by atoms with E-state index in [1.54, 1.807) is 0 Å². The van der Waals surface area contributed by atoms with Crippen LogP contribution in [0.5, 0.6) is 17.6 Å². The molecule has 2 aliphatic rings. The first-order valence-corrected chi connectivity index (χ1v) is 14.0.